The van der Waals surface area contributed by atoms with E-state index in [4.69, 9.17) is 0 Å². The van der Waals surface area contributed by atoms with Gasteiger partial charge in [0.05, 0.1) is 16.0 Å². The van der Waals surface area contributed by atoms with E-state index in [1.165, 1.54) is 6.92 Å². The SMILES string of the molecule is CC(=O)C(C)S(=O)c1ccc2ccccc2c1. The zero-order chi connectivity index (χ0) is 12.4. The molecule has 2 nitrogen and oxygen atoms in total. The molecule has 0 bridgehead atoms. The highest BCUT2D eigenvalue weighted by Gasteiger charge is 2.17. The normalized spacial score (nSPS) is 14.5. The molecule has 3 heteroatoms. The Morgan fingerprint density at radius 3 is 2.41 bits per heavy atom. The molecule has 0 heterocycles. The van der Waals surface area contributed by atoms with Crippen LogP contribution in [0.2, 0.25) is 0 Å². The highest BCUT2D eigenvalue weighted by molar-refractivity contribution is 7.86. The first kappa shape index (κ1) is 12.0. The van der Waals surface area contributed by atoms with Crippen LogP contribution in [0.1, 0.15) is 13.8 Å². The molecule has 0 N–H and O–H groups in total. The van der Waals surface area contributed by atoms with Crippen LogP contribution < -0.4 is 0 Å². The van der Waals surface area contributed by atoms with Crippen molar-refractivity contribution < 1.29 is 9.00 Å². The van der Waals surface area contributed by atoms with Crippen LogP contribution in [0.5, 0.6) is 0 Å². The van der Waals surface area contributed by atoms with Crippen LogP contribution in [0, 0.1) is 0 Å². The maximum absolute atomic E-state index is 12.1. The Labute approximate surface area is 103 Å². The third-order valence-corrected chi connectivity index (χ3v) is 4.54. The van der Waals surface area contributed by atoms with Crippen LogP contribution in [0.25, 0.3) is 10.8 Å². The highest BCUT2D eigenvalue weighted by Crippen LogP contribution is 2.19. The van der Waals surface area contributed by atoms with E-state index in [1.54, 1.807) is 6.92 Å². The molecular weight excluding hydrogens is 232 g/mol. The number of hydrogen-bond donors (Lipinski definition) is 0. The molecule has 2 aromatic carbocycles. The molecular formula is C14H14O2S. The third kappa shape index (κ3) is 2.44. The lowest BCUT2D eigenvalue weighted by Gasteiger charge is -2.08. The number of fused-ring (bicyclic) bond motifs is 1. The fourth-order valence-electron chi connectivity index (χ4n) is 1.65. The van der Waals surface area contributed by atoms with Gasteiger partial charge in [-0.15, -0.1) is 0 Å². The van der Waals surface area contributed by atoms with E-state index < -0.39 is 16.0 Å². The summed E-state index contributed by atoms with van der Waals surface area (Å²) in [5, 5.41) is 1.72. The van der Waals surface area contributed by atoms with Crippen LogP contribution in [-0.2, 0) is 15.6 Å². The number of ketones is 1. The van der Waals surface area contributed by atoms with Gasteiger partial charge >= 0.3 is 0 Å². The summed E-state index contributed by atoms with van der Waals surface area (Å²) in [6.07, 6.45) is 0. The van der Waals surface area contributed by atoms with Gasteiger partial charge in [0.1, 0.15) is 5.78 Å². The van der Waals surface area contributed by atoms with Gasteiger partial charge in [0.15, 0.2) is 0 Å². The summed E-state index contributed by atoms with van der Waals surface area (Å²) >= 11 is 0. The maximum Gasteiger partial charge on any atom is 0.145 e. The Morgan fingerprint density at radius 1 is 1.12 bits per heavy atom. The molecule has 0 aliphatic heterocycles. The van der Waals surface area contributed by atoms with E-state index in [0.717, 1.165) is 10.8 Å². The van der Waals surface area contributed by atoms with Crippen molar-refractivity contribution in [3.63, 3.8) is 0 Å². The van der Waals surface area contributed by atoms with Crippen LogP contribution in [0.15, 0.2) is 47.4 Å². The molecule has 2 aromatic rings. The van der Waals surface area contributed by atoms with Crippen molar-refractivity contribution in [2.75, 3.05) is 0 Å². The maximum atomic E-state index is 12.1. The van der Waals surface area contributed by atoms with Gasteiger partial charge in [-0.25, -0.2) is 0 Å². The molecule has 0 saturated heterocycles. The lowest BCUT2D eigenvalue weighted by atomic mass is 10.1. The molecule has 0 aromatic heterocycles. The minimum atomic E-state index is -1.26. The Balaban J connectivity index is 2.43. The van der Waals surface area contributed by atoms with Gasteiger partial charge in [-0.2, -0.15) is 0 Å². The first-order valence-corrected chi connectivity index (χ1v) is 6.71. The number of Topliss-reactive ketones (excluding diaryl/α,β-unsaturated/α-hetero) is 1. The fourth-order valence-corrected chi connectivity index (χ4v) is 2.80. The summed E-state index contributed by atoms with van der Waals surface area (Å²) in [5.74, 6) is -0.0449. The topological polar surface area (TPSA) is 34.1 Å². The largest absolute Gasteiger partial charge is 0.299 e. The number of rotatable bonds is 3. The summed E-state index contributed by atoms with van der Waals surface area (Å²) < 4.78 is 12.1. The van der Waals surface area contributed by atoms with Crippen LogP contribution in [0.3, 0.4) is 0 Å². The lowest BCUT2D eigenvalue weighted by molar-refractivity contribution is -0.116. The molecule has 2 rings (SSSR count). The van der Waals surface area contributed by atoms with E-state index in [9.17, 15) is 9.00 Å². The minimum absolute atomic E-state index is 0.0449. The molecule has 0 radical (unpaired) electrons. The van der Waals surface area contributed by atoms with Gasteiger partial charge in [0, 0.05) is 4.90 Å². The Bertz CT molecular complexity index is 590. The number of carbonyl (C=O) groups is 1. The summed E-state index contributed by atoms with van der Waals surface area (Å²) in [4.78, 5) is 11.9. The van der Waals surface area contributed by atoms with Crippen molar-refractivity contribution in [1.82, 2.24) is 0 Å². The summed E-state index contributed by atoms with van der Waals surface area (Å²) in [6, 6.07) is 13.6. The van der Waals surface area contributed by atoms with Crippen molar-refractivity contribution in [3.8, 4) is 0 Å². The number of hydrogen-bond acceptors (Lipinski definition) is 2. The number of carbonyl (C=O) groups excluding carboxylic acids is 1. The van der Waals surface area contributed by atoms with Gasteiger partial charge in [-0.05, 0) is 36.8 Å². The lowest BCUT2D eigenvalue weighted by Crippen LogP contribution is -2.19. The predicted molar refractivity (Wildman–Crippen MR) is 70.5 cm³/mol. The third-order valence-electron chi connectivity index (χ3n) is 2.85. The molecule has 0 fully saturated rings. The second kappa shape index (κ2) is 4.80. The van der Waals surface area contributed by atoms with E-state index >= 15 is 0 Å². The van der Waals surface area contributed by atoms with E-state index in [1.807, 2.05) is 42.5 Å². The molecule has 0 aliphatic rings. The minimum Gasteiger partial charge on any atom is -0.299 e. The second-order valence-corrected chi connectivity index (χ2v) is 5.83. The fraction of sp³-hybridized carbons (Fsp3) is 0.214. The number of benzene rings is 2. The van der Waals surface area contributed by atoms with Crippen molar-refractivity contribution in [2.45, 2.75) is 24.0 Å². The van der Waals surface area contributed by atoms with Gasteiger partial charge in [0.25, 0.3) is 0 Å². The highest BCUT2D eigenvalue weighted by atomic mass is 32.2. The molecule has 0 aliphatic carbocycles. The molecule has 2 atom stereocenters. The van der Waals surface area contributed by atoms with Crippen molar-refractivity contribution in [1.29, 1.82) is 0 Å². The van der Waals surface area contributed by atoms with E-state index in [2.05, 4.69) is 0 Å². The van der Waals surface area contributed by atoms with Gasteiger partial charge in [-0.3, -0.25) is 9.00 Å². The Kier molecular flexibility index (Phi) is 3.38. The average Bonchev–Trinajstić information content (AvgIpc) is 2.36. The van der Waals surface area contributed by atoms with Gasteiger partial charge in [-0.1, -0.05) is 30.3 Å². The summed E-state index contributed by atoms with van der Waals surface area (Å²) in [5.41, 5.74) is 0. The van der Waals surface area contributed by atoms with E-state index in [0.29, 0.717) is 4.90 Å². The zero-order valence-corrected chi connectivity index (χ0v) is 10.7. The average molecular weight is 246 g/mol. The Morgan fingerprint density at radius 2 is 1.76 bits per heavy atom. The van der Waals surface area contributed by atoms with Gasteiger partial charge < -0.3 is 0 Å². The first-order chi connectivity index (χ1) is 8.09. The van der Waals surface area contributed by atoms with Crippen molar-refractivity contribution >= 4 is 27.4 Å². The second-order valence-electron chi connectivity index (χ2n) is 4.06. The van der Waals surface area contributed by atoms with E-state index in [-0.39, 0.29) is 5.78 Å². The molecule has 2 unspecified atom stereocenters. The standard InChI is InChI=1S/C14H14O2S/c1-10(15)11(2)17(16)14-8-7-12-5-3-4-6-13(12)9-14/h3-9,11H,1-2H3. The first-order valence-electron chi connectivity index (χ1n) is 5.49. The van der Waals surface area contributed by atoms with Crippen LogP contribution in [0.4, 0.5) is 0 Å². The molecule has 0 spiro atoms. The summed E-state index contributed by atoms with van der Waals surface area (Å²) in [6.45, 7) is 3.18. The molecule has 0 amide bonds. The van der Waals surface area contributed by atoms with Crippen molar-refractivity contribution in [3.05, 3.63) is 42.5 Å². The van der Waals surface area contributed by atoms with Gasteiger partial charge in [0.2, 0.25) is 0 Å². The smallest absolute Gasteiger partial charge is 0.145 e. The van der Waals surface area contributed by atoms with Crippen LogP contribution in [-0.4, -0.2) is 15.2 Å². The van der Waals surface area contributed by atoms with Crippen molar-refractivity contribution in [2.24, 2.45) is 0 Å². The Hall–Kier alpha value is -1.48. The quantitative estimate of drug-likeness (QED) is 0.834. The molecule has 0 saturated carbocycles. The predicted octanol–water partition coefficient (Wildman–Crippen LogP) is 2.92. The summed E-state index contributed by atoms with van der Waals surface area (Å²) in [7, 11) is -1.26. The molecule has 17 heavy (non-hydrogen) atoms. The monoisotopic (exact) mass is 246 g/mol. The molecule has 88 valence electrons. The zero-order valence-electron chi connectivity index (χ0n) is 9.84. The van der Waals surface area contributed by atoms with Crippen LogP contribution >= 0.6 is 0 Å².